The summed E-state index contributed by atoms with van der Waals surface area (Å²) in [7, 11) is -4.47. The van der Waals surface area contributed by atoms with E-state index in [0.29, 0.717) is 0 Å². The number of hydrogen-bond donors (Lipinski definition) is 0. The highest BCUT2D eigenvalue weighted by atomic mass is 32.2. The van der Waals surface area contributed by atoms with E-state index < -0.39 is 10.1 Å². The lowest BCUT2D eigenvalue weighted by Crippen LogP contribution is -2.41. The van der Waals surface area contributed by atoms with E-state index in [9.17, 15) is 13.0 Å². The van der Waals surface area contributed by atoms with Gasteiger partial charge < -0.3 is 4.55 Å². The number of fused-ring (bicyclic) bond motifs is 3. The van der Waals surface area contributed by atoms with Gasteiger partial charge >= 0.3 is 0 Å². The van der Waals surface area contributed by atoms with Crippen LogP contribution in [0.4, 0.5) is 0 Å². The summed E-state index contributed by atoms with van der Waals surface area (Å²) < 4.78 is 37.6. The van der Waals surface area contributed by atoms with Gasteiger partial charge in [-0.25, -0.2) is 8.42 Å². The van der Waals surface area contributed by atoms with Crippen molar-refractivity contribution in [3.63, 3.8) is 0 Å². The van der Waals surface area contributed by atoms with Crippen LogP contribution in [0.2, 0.25) is 0 Å². The summed E-state index contributed by atoms with van der Waals surface area (Å²) in [6.45, 7) is 7.36. The number of aromatic nitrogens is 1. The van der Waals surface area contributed by atoms with E-state index in [-0.39, 0.29) is 10.3 Å². The Labute approximate surface area is 168 Å². The maximum absolute atomic E-state index is 11.4. The minimum absolute atomic E-state index is 0.0386. The van der Waals surface area contributed by atoms with Gasteiger partial charge in [0, 0.05) is 17.0 Å². The van der Waals surface area contributed by atoms with Gasteiger partial charge in [-0.05, 0) is 44.4 Å². The molecule has 4 nitrogen and oxygen atoms in total. The third-order valence-electron chi connectivity index (χ3n) is 4.77. The first-order valence-electron chi connectivity index (χ1n) is 9.04. The van der Waals surface area contributed by atoms with E-state index in [1.165, 1.54) is 22.7 Å². The van der Waals surface area contributed by atoms with Gasteiger partial charge in [-0.3, -0.25) is 0 Å². The normalized spacial score (nSPS) is 12.7. The van der Waals surface area contributed by atoms with Crippen LogP contribution in [-0.2, 0) is 22.1 Å². The SMILES string of the molecule is CC(C)(C)c1sc2c3ccc(S(=O)(=O)[O-])cc3ccc2[n+]1Cc1ccccc1. The van der Waals surface area contributed by atoms with Crippen LogP contribution >= 0.6 is 11.3 Å². The second-order valence-corrected chi connectivity index (χ2v) is 10.4. The van der Waals surface area contributed by atoms with Crippen LogP contribution in [-0.4, -0.2) is 13.0 Å². The van der Waals surface area contributed by atoms with Gasteiger partial charge in [0.25, 0.3) is 0 Å². The molecule has 0 N–H and O–H groups in total. The summed E-state index contributed by atoms with van der Waals surface area (Å²) in [5, 5.41) is 2.98. The molecule has 0 atom stereocenters. The largest absolute Gasteiger partial charge is 0.744 e. The molecule has 0 radical (unpaired) electrons. The van der Waals surface area contributed by atoms with E-state index in [0.717, 1.165) is 27.5 Å². The Morgan fingerprint density at radius 3 is 2.36 bits per heavy atom. The quantitative estimate of drug-likeness (QED) is 0.366. The second-order valence-electron chi connectivity index (χ2n) is 7.98. The highest BCUT2D eigenvalue weighted by Crippen LogP contribution is 2.35. The van der Waals surface area contributed by atoms with E-state index in [1.54, 1.807) is 17.4 Å². The molecular weight excluding hydrogens is 390 g/mol. The molecule has 0 saturated heterocycles. The van der Waals surface area contributed by atoms with Gasteiger partial charge in [0.2, 0.25) is 10.5 Å². The van der Waals surface area contributed by atoms with E-state index in [1.807, 2.05) is 30.3 Å². The molecule has 0 aliphatic heterocycles. The molecule has 0 unspecified atom stereocenters. The highest BCUT2D eigenvalue weighted by molar-refractivity contribution is 7.85. The zero-order valence-corrected chi connectivity index (χ0v) is 17.6. The van der Waals surface area contributed by atoms with E-state index in [2.05, 4.69) is 37.5 Å². The van der Waals surface area contributed by atoms with Crippen LogP contribution in [0, 0.1) is 0 Å². The summed E-state index contributed by atoms with van der Waals surface area (Å²) in [6, 6.07) is 18.9. The maximum Gasteiger partial charge on any atom is 0.244 e. The summed E-state index contributed by atoms with van der Waals surface area (Å²) in [6.07, 6.45) is 0. The van der Waals surface area contributed by atoms with Crippen LogP contribution in [0.1, 0.15) is 31.3 Å². The van der Waals surface area contributed by atoms with Crippen LogP contribution in [0.3, 0.4) is 0 Å². The summed E-state index contributed by atoms with van der Waals surface area (Å²) in [5.74, 6) is 0. The summed E-state index contributed by atoms with van der Waals surface area (Å²) >= 11 is 1.73. The highest BCUT2D eigenvalue weighted by Gasteiger charge is 2.31. The molecule has 0 amide bonds. The van der Waals surface area contributed by atoms with Gasteiger partial charge in [0.05, 0.1) is 10.3 Å². The third kappa shape index (κ3) is 3.43. The topological polar surface area (TPSA) is 61.1 Å². The molecule has 0 fully saturated rings. The Balaban J connectivity index is 1.98. The zero-order valence-electron chi connectivity index (χ0n) is 16.0. The number of thiazole rings is 1. The van der Waals surface area contributed by atoms with Gasteiger partial charge in [0.1, 0.15) is 14.8 Å². The molecule has 4 rings (SSSR count). The van der Waals surface area contributed by atoms with Crippen LogP contribution < -0.4 is 4.57 Å². The lowest BCUT2D eigenvalue weighted by molar-refractivity contribution is -0.668. The first-order chi connectivity index (χ1) is 13.1. The lowest BCUT2D eigenvalue weighted by atomic mass is 9.97. The minimum Gasteiger partial charge on any atom is -0.744 e. The Hall–Kier alpha value is -2.28. The van der Waals surface area contributed by atoms with Gasteiger partial charge in [-0.1, -0.05) is 47.7 Å². The van der Waals surface area contributed by atoms with E-state index in [4.69, 9.17) is 0 Å². The van der Waals surface area contributed by atoms with Crippen molar-refractivity contribution in [2.24, 2.45) is 0 Å². The monoisotopic (exact) mass is 411 g/mol. The predicted octanol–water partition coefficient (Wildman–Crippen LogP) is 4.59. The molecule has 0 bridgehead atoms. The smallest absolute Gasteiger partial charge is 0.244 e. The maximum atomic E-state index is 11.4. The number of rotatable bonds is 3. The molecular formula is C22H21NO3S2. The Morgan fingerprint density at radius 1 is 1.00 bits per heavy atom. The van der Waals surface area contributed by atoms with Crippen LogP contribution in [0.5, 0.6) is 0 Å². The van der Waals surface area contributed by atoms with Crippen molar-refractivity contribution < 1.29 is 17.5 Å². The first-order valence-corrected chi connectivity index (χ1v) is 11.3. The molecule has 0 spiro atoms. The van der Waals surface area contributed by atoms with Crippen molar-refractivity contribution in [3.8, 4) is 0 Å². The van der Waals surface area contributed by atoms with Crippen molar-refractivity contribution in [3.05, 3.63) is 71.2 Å². The second kappa shape index (κ2) is 6.65. The Bertz CT molecular complexity index is 1280. The molecule has 0 aliphatic carbocycles. The fraction of sp³-hybridized carbons (Fsp3) is 0.227. The summed E-state index contributed by atoms with van der Waals surface area (Å²) in [4.78, 5) is -0.191. The van der Waals surface area contributed by atoms with Gasteiger partial charge in [0.15, 0.2) is 6.54 Å². The third-order valence-corrected chi connectivity index (χ3v) is 7.26. The van der Waals surface area contributed by atoms with E-state index >= 15 is 0 Å². The lowest BCUT2D eigenvalue weighted by Gasteiger charge is -2.13. The summed E-state index contributed by atoms with van der Waals surface area (Å²) in [5.41, 5.74) is 2.30. The number of hydrogen-bond acceptors (Lipinski definition) is 4. The first kappa shape index (κ1) is 19.1. The number of nitrogens with zero attached hydrogens (tertiary/aromatic N) is 1. The molecule has 1 aromatic heterocycles. The zero-order chi connectivity index (χ0) is 20.1. The Morgan fingerprint density at radius 2 is 1.71 bits per heavy atom. The molecule has 28 heavy (non-hydrogen) atoms. The van der Waals surface area contributed by atoms with Gasteiger partial charge in [-0.15, -0.1) is 0 Å². The van der Waals surface area contributed by atoms with Crippen molar-refractivity contribution in [1.29, 1.82) is 0 Å². The van der Waals surface area contributed by atoms with Crippen LogP contribution in [0.15, 0.2) is 65.6 Å². The predicted molar refractivity (Wildman–Crippen MR) is 112 cm³/mol. The fourth-order valence-electron chi connectivity index (χ4n) is 3.49. The molecule has 6 heteroatoms. The molecule has 144 valence electrons. The molecule has 4 aromatic rings. The van der Waals surface area contributed by atoms with Crippen molar-refractivity contribution in [2.45, 2.75) is 37.6 Å². The van der Waals surface area contributed by atoms with Crippen molar-refractivity contribution in [1.82, 2.24) is 0 Å². The van der Waals surface area contributed by atoms with Gasteiger partial charge in [-0.2, -0.15) is 4.57 Å². The fourth-order valence-corrected chi connectivity index (χ4v) is 5.34. The number of benzene rings is 3. The van der Waals surface area contributed by atoms with Crippen molar-refractivity contribution in [2.75, 3.05) is 0 Å². The van der Waals surface area contributed by atoms with Crippen molar-refractivity contribution >= 4 is 42.4 Å². The molecule has 0 aliphatic rings. The standard InChI is InChI=1S/C22H21NO3S2/c1-22(2,3)21-23(14-15-7-5-4-6-8-15)19-12-9-16-13-17(28(24,25)26)10-11-18(16)20(19)27-21/h4-13H,14H2,1-3H3. The average molecular weight is 412 g/mol. The average Bonchev–Trinajstić information content (AvgIpc) is 3.00. The Kier molecular flexibility index (Phi) is 4.53. The van der Waals surface area contributed by atoms with Crippen LogP contribution in [0.25, 0.3) is 21.0 Å². The molecule has 0 saturated carbocycles. The minimum atomic E-state index is -4.47. The molecule has 3 aromatic carbocycles. The molecule has 1 heterocycles.